The molecule has 1 aliphatic carbocycles. The highest BCUT2D eigenvalue weighted by Crippen LogP contribution is 2.37. The summed E-state index contributed by atoms with van der Waals surface area (Å²) in [5, 5.41) is 14.7. The number of aryl methyl sites for hydroxylation is 2. The molecule has 0 aliphatic heterocycles. The maximum absolute atomic E-state index is 10.4. The first kappa shape index (κ1) is 14.0. The zero-order valence-corrected chi connectivity index (χ0v) is 12.8. The zero-order valence-electron chi connectivity index (χ0n) is 11.2. The molecule has 5 heteroatoms. The van der Waals surface area contributed by atoms with Gasteiger partial charge in [-0.15, -0.1) is 0 Å². The van der Waals surface area contributed by atoms with Crippen LogP contribution in [0.1, 0.15) is 31.2 Å². The minimum atomic E-state index is -0.455. The summed E-state index contributed by atoms with van der Waals surface area (Å²) in [6.07, 6.45) is 2.44. The van der Waals surface area contributed by atoms with Crippen molar-refractivity contribution in [1.82, 2.24) is 9.78 Å². The summed E-state index contributed by atoms with van der Waals surface area (Å²) in [5.41, 5.74) is 1.99. The molecule has 0 spiro atoms. The smallest absolute Gasteiger partial charge is 0.0865 e. The number of halogens is 1. The summed E-state index contributed by atoms with van der Waals surface area (Å²) >= 11 is 3.54. The second-order valence-electron chi connectivity index (χ2n) is 5.00. The molecule has 0 saturated heterocycles. The van der Waals surface area contributed by atoms with Gasteiger partial charge >= 0.3 is 0 Å². The first-order valence-electron chi connectivity index (χ1n) is 6.52. The van der Waals surface area contributed by atoms with Crippen molar-refractivity contribution in [2.75, 3.05) is 6.61 Å². The Hall–Kier alpha value is -0.390. The fourth-order valence-electron chi connectivity index (χ4n) is 2.39. The molecule has 1 fully saturated rings. The van der Waals surface area contributed by atoms with Crippen molar-refractivity contribution in [3.63, 3.8) is 0 Å². The minimum Gasteiger partial charge on any atom is -0.390 e. The Morgan fingerprint density at radius 1 is 1.56 bits per heavy atom. The minimum absolute atomic E-state index is 0.0305. The fourth-order valence-corrected chi connectivity index (χ4v) is 2.89. The van der Waals surface area contributed by atoms with Crippen molar-refractivity contribution >= 4 is 15.9 Å². The van der Waals surface area contributed by atoms with E-state index in [-0.39, 0.29) is 6.10 Å². The zero-order chi connectivity index (χ0) is 13.3. The molecule has 2 unspecified atom stereocenters. The third-order valence-electron chi connectivity index (χ3n) is 3.49. The predicted molar refractivity (Wildman–Crippen MR) is 73.5 cm³/mol. The second-order valence-corrected chi connectivity index (χ2v) is 5.79. The van der Waals surface area contributed by atoms with E-state index in [1.165, 1.54) is 12.8 Å². The van der Waals surface area contributed by atoms with Crippen LogP contribution in [0.15, 0.2) is 4.47 Å². The molecule has 1 N–H and O–H groups in total. The standard InChI is InChI=1S/C13H21BrN2O2/c1-4-18-13(9-5-6-9)11(17)7-10-12(14)8(2)15-16(10)3/h9,11,13,17H,4-7H2,1-3H3. The van der Waals surface area contributed by atoms with Crippen LogP contribution in [-0.2, 0) is 18.2 Å². The van der Waals surface area contributed by atoms with E-state index in [1.807, 2.05) is 25.6 Å². The normalized spacial score (nSPS) is 18.9. The molecule has 0 amide bonds. The van der Waals surface area contributed by atoms with Crippen LogP contribution >= 0.6 is 15.9 Å². The molecule has 2 rings (SSSR count). The number of aliphatic hydroxyl groups is 1. The van der Waals surface area contributed by atoms with Crippen LogP contribution in [0.3, 0.4) is 0 Å². The van der Waals surface area contributed by atoms with Crippen molar-refractivity contribution in [3.8, 4) is 0 Å². The van der Waals surface area contributed by atoms with Gasteiger partial charge in [0.15, 0.2) is 0 Å². The molecule has 102 valence electrons. The van der Waals surface area contributed by atoms with Crippen molar-refractivity contribution in [3.05, 3.63) is 15.9 Å². The van der Waals surface area contributed by atoms with Gasteiger partial charge in [-0.2, -0.15) is 5.10 Å². The number of nitrogens with zero attached hydrogens (tertiary/aromatic N) is 2. The van der Waals surface area contributed by atoms with Gasteiger partial charge in [0.2, 0.25) is 0 Å². The van der Waals surface area contributed by atoms with Crippen LogP contribution in [0.2, 0.25) is 0 Å². The molecular formula is C13H21BrN2O2. The van der Waals surface area contributed by atoms with Crippen LogP contribution in [0.25, 0.3) is 0 Å². The molecule has 1 aromatic heterocycles. The third-order valence-corrected chi connectivity index (χ3v) is 4.52. The maximum Gasteiger partial charge on any atom is 0.0865 e. The van der Waals surface area contributed by atoms with Gasteiger partial charge in [-0.05, 0) is 48.5 Å². The Labute approximate surface area is 116 Å². The lowest BCUT2D eigenvalue weighted by Crippen LogP contribution is -2.33. The van der Waals surface area contributed by atoms with Crippen molar-refractivity contribution in [1.29, 1.82) is 0 Å². The van der Waals surface area contributed by atoms with Crippen molar-refractivity contribution < 1.29 is 9.84 Å². The lowest BCUT2D eigenvalue weighted by molar-refractivity contribution is -0.0446. The molecule has 1 aromatic rings. The van der Waals surface area contributed by atoms with E-state index < -0.39 is 6.10 Å². The van der Waals surface area contributed by atoms with Gasteiger partial charge in [-0.25, -0.2) is 0 Å². The number of hydrogen-bond acceptors (Lipinski definition) is 3. The van der Waals surface area contributed by atoms with Crippen LogP contribution in [-0.4, -0.2) is 33.7 Å². The van der Waals surface area contributed by atoms with Gasteiger partial charge in [-0.1, -0.05) is 0 Å². The molecule has 18 heavy (non-hydrogen) atoms. The third kappa shape index (κ3) is 2.95. The highest BCUT2D eigenvalue weighted by Gasteiger charge is 2.37. The lowest BCUT2D eigenvalue weighted by atomic mass is 10.0. The quantitative estimate of drug-likeness (QED) is 0.875. The van der Waals surface area contributed by atoms with Gasteiger partial charge in [0.25, 0.3) is 0 Å². The van der Waals surface area contributed by atoms with E-state index >= 15 is 0 Å². The number of aromatic nitrogens is 2. The van der Waals surface area contributed by atoms with Gasteiger partial charge in [-0.3, -0.25) is 4.68 Å². The molecule has 4 nitrogen and oxygen atoms in total. The Bertz CT molecular complexity index is 415. The Morgan fingerprint density at radius 3 is 2.67 bits per heavy atom. The molecule has 0 radical (unpaired) electrons. The summed E-state index contributed by atoms with van der Waals surface area (Å²) in [5.74, 6) is 0.535. The second kappa shape index (κ2) is 5.72. The first-order chi connectivity index (χ1) is 8.54. The van der Waals surface area contributed by atoms with Gasteiger partial charge in [0.1, 0.15) is 0 Å². The molecule has 0 aromatic carbocycles. The maximum atomic E-state index is 10.4. The predicted octanol–water partition coefficient (Wildman–Crippen LogP) is 2.21. The number of hydrogen-bond donors (Lipinski definition) is 1. The fraction of sp³-hybridized carbons (Fsp3) is 0.769. The van der Waals surface area contributed by atoms with Crippen molar-refractivity contribution in [2.45, 2.75) is 45.3 Å². The first-order valence-corrected chi connectivity index (χ1v) is 7.31. The highest BCUT2D eigenvalue weighted by molar-refractivity contribution is 9.10. The van der Waals surface area contributed by atoms with Gasteiger partial charge in [0.05, 0.1) is 28.1 Å². The Kier molecular flexibility index (Phi) is 4.45. The molecule has 1 heterocycles. The van der Waals surface area contributed by atoms with E-state index in [9.17, 15) is 5.11 Å². The largest absolute Gasteiger partial charge is 0.390 e. The number of aliphatic hydroxyl groups excluding tert-OH is 1. The summed E-state index contributed by atoms with van der Waals surface area (Å²) in [7, 11) is 1.91. The van der Waals surface area contributed by atoms with E-state index in [0.717, 1.165) is 15.9 Å². The van der Waals surface area contributed by atoms with Gasteiger partial charge < -0.3 is 9.84 Å². The summed E-state index contributed by atoms with van der Waals surface area (Å²) in [6, 6.07) is 0. The van der Waals surface area contributed by atoms with E-state index in [1.54, 1.807) is 0 Å². The molecular weight excluding hydrogens is 296 g/mol. The van der Waals surface area contributed by atoms with E-state index in [2.05, 4.69) is 21.0 Å². The number of rotatable bonds is 6. The molecule has 1 aliphatic rings. The van der Waals surface area contributed by atoms with E-state index in [0.29, 0.717) is 18.9 Å². The monoisotopic (exact) mass is 316 g/mol. The average molecular weight is 317 g/mol. The van der Waals surface area contributed by atoms with Crippen LogP contribution in [0.4, 0.5) is 0 Å². The Balaban J connectivity index is 2.07. The summed E-state index contributed by atoms with van der Waals surface area (Å²) in [4.78, 5) is 0. The van der Waals surface area contributed by atoms with Gasteiger partial charge in [0, 0.05) is 20.1 Å². The van der Waals surface area contributed by atoms with Crippen molar-refractivity contribution in [2.24, 2.45) is 13.0 Å². The van der Waals surface area contributed by atoms with Crippen LogP contribution in [0, 0.1) is 12.8 Å². The molecule has 2 atom stereocenters. The van der Waals surface area contributed by atoms with E-state index in [4.69, 9.17) is 4.74 Å². The Morgan fingerprint density at radius 2 is 2.22 bits per heavy atom. The highest BCUT2D eigenvalue weighted by atomic mass is 79.9. The summed E-state index contributed by atoms with van der Waals surface area (Å²) < 4.78 is 8.52. The van der Waals surface area contributed by atoms with Crippen LogP contribution < -0.4 is 0 Å². The number of ether oxygens (including phenoxy) is 1. The average Bonchev–Trinajstić information content (AvgIpc) is 3.12. The summed E-state index contributed by atoms with van der Waals surface area (Å²) in [6.45, 7) is 4.59. The lowest BCUT2D eigenvalue weighted by Gasteiger charge is -2.22. The topological polar surface area (TPSA) is 47.3 Å². The SMILES string of the molecule is CCOC(C(O)Cc1c(Br)c(C)nn1C)C1CC1. The van der Waals surface area contributed by atoms with Crippen LogP contribution in [0.5, 0.6) is 0 Å². The molecule has 0 bridgehead atoms. The molecule has 1 saturated carbocycles.